The third-order valence-corrected chi connectivity index (χ3v) is 4.04. The lowest BCUT2D eigenvalue weighted by Gasteiger charge is -2.04. The molecule has 0 aromatic carbocycles. The summed E-state index contributed by atoms with van der Waals surface area (Å²) in [7, 11) is 1.59. The van der Waals surface area contributed by atoms with Crippen LogP contribution in [0.2, 0.25) is 0 Å². The summed E-state index contributed by atoms with van der Waals surface area (Å²) in [6, 6.07) is 9.31. The number of nitrogens with zero attached hydrogens (tertiary/aromatic N) is 5. The van der Waals surface area contributed by atoms with E-state index in [1.54, 1.807) is 17.8 Å². The zero-order chi connectivity index (χ0) is 16.8. The van der Waals surface area contributed by atoms with Crippen LogP contribution in [0.1, 0.15) is 0 Å². The lowest BCUT2D eigenvalue weighted by molar-refractivity contribution is -0.118. The minimum Gasteiger partial charge on any atom is -0.383 e. The molecule has 0 atom stereocenters. The number of amides is 1. The number of aromatic nitrogens is 5. The van der Waals surface area contributed by atoms with Crippen molar-refractivity contribution >= 4 is 23.3 Å². The second kappa shape index (κ2) is 7.84. The van der Waals surface area contributed by atoms with E-state index in [4.69, 9.17) is 4.74 Å². The average Bonchev–Trinajstić information content (AvgIpc) is 3.03. The van der Waals surface area contributed by atoms with Crippen LogP contribution in [0.15, 0.2) is 41.7 Å². The Bertz CT molecular complexity index is 823. The Kier molecular flexibility index (Phi) is 5.34. The fourth-order valence-corrected chi connectivity index (χ4v) is 2.70. The van der Waals surface area contributed by atoms with Crippen molar-refractivity contribution in [2.75, 3.05) is 26.0 Å². The van der Waals surface area contributed by atoms with Crippen molar-refractivity contribution in [2.24, 2.45) is 0 Å². The van der Waals surface area contributed by atoms with Crippen LogP contribution in [0.3, 0.4) is 0 Å². The number of carbonyl (C=O) groups is 1. The highest BCUT2D eigenvalue weighted by atomic mass is 32.2. The van der Waals surface area contributed by atoms with Crippen molar-refractivity contribution in [1.82, 2.24) is 30.1 Å². The minimum absolute atomic E-state index is 0.0883. The van der Waals surface area contributed by atoms with Crippen LogP contribution in [0, 0.1) is 0 Å². The van der Waals surface area contributed by atoms with Crippen LogP contribution in [-0.2, 0) is 9.53 Å². The summed E-state index contributed by atoms with van der Waals surface area (Å²) in [5.41, 5.74) is 2.10. The van der Waals surface area contributed by atoms with Crippen molar-refractivity contribution in [2.45, 2.75) is 5.16 Å². The van der Waals surface area contributed by atoms with Gasteiger partial charge in [0.05, 0.1) is 18.1 Å². The SMILES string of the molecule is COCCNC(=O)CSc1nnc2ccc(-c3ccccn3)nn12. The van der Waals surface area contributed by atoms with Gasteiger partial charge in [-0.3, -0.25) is 9.78 Å². The van der Waals surface area contributed by atoms with Gasteiger partial charge in [0.15, 0.2) is 5.65 Å². The monoisotopic (exact) mass is 344 g/mol. The Morgan fingerprint density at radius 2 is 2.17 bits per heavy atom. The van der Waals surface area contributed by atoms with E-state index in [0.717, 1.165) is 5.69 Å². The van der Waals surface area contributed by atoms with Crippen LogP contribution in [0.5, 0.6) is 0 Å². The van der Waals surface area contributed by atoms with Crippen LogP contribution < -0.4 is 5.32 Å². The first kappa shape index (κ1) is 16.3. The van der Waals surface area contributed by atoms with Gasteiger partial charge in [0.2, 0.25) is 11.1 Å². The Morgan fingerprint density at radius 1 is 1.25 bits per heavy atom. The lowest BCUT2D eigenvalue weighted by Crippen LogP contribution is -2.28. The molecule has 0 aliphatic heterocycles. The number of methoxy groups -OCH3 is 1. The van der Waals surface area contributed by atoms with E-state index in [2.05, 4.69) is 25.6 Å². The van der Waals surface area contributed by atoms with E-state index in [0.29, 0.717) is 29.6 Å². The molecule has 0 radical (unpaired) electrons. The van der Waals surface area contributed by atoms with Gasteiger partial charge < -0.3 is 10.1 Å². The molecule has 0 unspecified atom stereocenters. The van der Waals surface area contributed by atoms with Gasteiger partial charge in [0.1, 0.15) is 5.69 Å². The van der Waals surface area contributed by atoms with Crippen LogP contribution in [-0.4, -0.2) is 56.7 Å². The number of nitrogens with one attached hydrogen (secondary N) is 1. The molecular formula is C15H16N6O2S. The van der Waals surface area contributed by atoms with E-state index in [9.17, 15) is 4.79 Å². The van der Waals surface area contributed by atoms with Gasteiger partial charge in [-0.25, -0.2) is 0 Å². The maximum atomic E-state index is 11.8. The summed E-state index contributed by atoms with van der Waals surface area (Å²) in [5.74, 6) is 0.148. The first-order chi connectivity index (χ1) is 11.8. The summed E-state index contributed by atoms with van der Waals surface area (Å²) in [6.45, 7) is 0.970. The summed E-state index contributed by atoms with van der Waals surface area (Å²) >= 11 is 1.28. The molecule has 0 aliphatic carbocycles. The highest BCUT2D eigenvalue weighted by Crippen LogP contribution is 2.19. The molecular weight excluding hydrogens is 328 g/mol. The normalized spacial score (nSPS) is 10.9. The molecule has 1 N–H and O–H groups in total. The van der Waals surface area contributed by atoms with Crippen LogP contribution in [0.4, 0.5) is 0 Å². The topological polar surface area (TPSA) is 94.3 Å². The summed E-state index contributed by atoms with van der Waals surface area (Å²) in [5, 5.41) is 16.0. The van der Waals surface area contributed by atoms with Crippen LogP contribution in [0.25, 0.3) is 17.0 Å². The number of rotatable bonds is 7. The number of hydrogen-bond acceptors (Lipinski definition) is 7. The summed E-state index contributed by atoms with van der Waals surface area (Å²) < 4.78 is 6.51. The first-order valence-corrected chi connectivity index (χ1v) is 8.29. The number of hydrogen-bond donors (Lipinski definition) is 1. The Labute approximate surface area is 142 Å². The number of pyridine rings is 1. The van der Waals surface area contributed by atoms with E-state index < -0.39 is 0 Å². The third-order valence-electron chi connectivity index (χ3n) is 3.12. The molecule has 0 saturated heterocycles. The molecule has 0 spiro atoms. The maximum absolute atomic E-state index is 11.8. The molecule has 0 bridgehead atoms. The largest absolute Gasteiger partial charge is 0.383 e. The summed E-state index contributed by atoms with van der Waals surface area (Å²) in [4.78, 5) is 16.0. The van der Waals surface area contributed by atoms with Crippen molar-refractivity contribution in [3.05, 3.63) is 36.5 Å². The highest BCUT2D eigenvalue weighted by molar-refractivity contribution is 7.99. The molecule has 3 aromatic rings. The molecule has 1 amide bonds. The Morgan fingerprint density at radius 3 is 2.96 bits per heavy atom. The van der Waals surface area contributed by atoms with E-state index >= 15 is 0 Å². The molecule has 0 fully saturated rings. The Hall–Kier alpha value is -2.52. The van der Waals surface area contributed by atoms with Gasteiger partial charge in [-0.05, 0) is 24.3 Å². The Balaban J connectivity index is 1.73. The molecule has 9 heteroatoms. The fourth-order valence-electron chi connectivity index (χ4n) is 1.98. The predicted molar refractivity (Wildman–Crippen MR) is 89.6 cm³/mol. The van der Waals surface area contributed by atoms with Crippen molar-refractivity contribution in [3.8, 4) is 11.4 Å². The molecule has 0 aliphatic rings. The number of thioether (sulfide) groups is 1. The smallest absolute Gasteiger partial charge is 0.230 e. The summed E-state index contributed by atoms with van der Waals surface area (Å²) in [6.07, 6.45) is 1.72. The second-order valence-electron chi connectivity index (χ2n) is 4.82. The van der Waals surface area contributed by atoms with E-state index in [1.807, 2.05) is 30.3 Å². The zero-order valence-corrected chi connectivity index (χ0v) is 13.9. The average molecular weight is 344 g/mol. The molecule has 3 rings (SSSR count). The number of carbonyl (C=O) groups excluding carboxylic acids is 1. The molecule has 124 valence electrons. The van der Waals surface area contributed by atoms with Crippen molar-refractivity contribution in [1.29, 1.82) is 0 Å². The van der Waals surface area contributed by atoms with Gasteiger partial charge in [0.25, 0.3) is 0 Å². The standard InChI is InChI=1S/C15H16N6O2S/c1-23-9-8-17-14(22)10-24-15-19-18-13-6-5-12(20-21(13)15)11-4-2-3-7-16-11/h2-7H,8-10H2,1H3,(H,17,22). The number of ether oxygens (including phenoxy) is 1. The molecule has 3 aromatic heterocycles. The van der Waals surface area contributed by atoms with E-state index in [-0.39, 0.29) is 11.7 Å². The van der Waals surface area contributed by atoms with E-state index in [1.165, 1.54) is 11.8 Å². The maximum Gasteiger partial charge on any atom is 0.230 e. The van der Waals surface area contributed by atoms with Gasteiger partial charge in [0, 0.05) is 19.9 Å². The van der Waals surface area contributed by atoms with Gasteiger partial charge in [-0.2, -0.15) is 9.61 Å². The van der Waals surface area contributed by atoms with Crippen molar-refractivity contribution < 1.29 is 9.53 Å². The fraction of sp³-hybridized carbons (Fsp3) is 0.267. The van der Waals surface area contributed by atoms with Gasteiger partial charge >= 0.3 is 0 Å². The highest BCUT2D eigenvalue weighted by Gasteiger charge is 2.11. The molecule has 0 saturated carbocycles. The zero-order valence-electron chi connectivity index (χ0n) is 13.0. The van der Waals surface area contributed by atoms with Crippen molar-refractivity contribution in [3.63, 3.8) is 0 Å². The van der Waals surface area contributed by atoms with Crippen LogP contribution >= 0.6 is 11.8 Å². The molecule has 3 heterocycles. The van der Waals surface area contributed by atoms with Gasteiger partial charge in [-0.15, -0.1) is 10.2 Å². The minimum atomic E-state index is -0.0883. The quantitative estimate of drug-likeness (QED) is 0.505. The second-order valence-corrected chi connectivity index (χ2v) is 5.76. The third kappa shape index (κ3) is 3.87. The first-order valence-electron chi connectivity index (χ1n) is 7.30. The lowest BCUT2D eigenvalue weighted by atomic mass is 10.2. The molecule has 24 heavy (non-hydrogen) atoms. The molecule has 8 nitrogen and oxygen atoms in total. The van der Waals surface area contributed by atoms with Gasteiger partial charge in [-0.1, -0.05) is 17.8 Å². The number of fused-ring (bicyclic) bond motifs is 1. The predicted octanol–water partition coefficient (Wildman–Crippen LogP) is 1.04.